The van der Waals surface area contributed by atoms with Crippen LogP contribution in [0.1, 0.15) is 0 Å². The fourth-order valence-corrected chi connectivity index (χ4v) is 2.76. The molecule has 0 unspecified atom stereocenters. The Balaban J connectivity index is 1.50. The Labute approximate surface area is 151 Å². The van der Waals surface area contributed by atoms with E-state index < -0.39 is 0 Å². The van der Waals surface area contributed by atoms with E-state index in [1.54, 1.807) is 7.11 Å². The van der Waals surface area contributed by atoms with Crippen molar-refractivity contribution in [2.45, 2.75) is 6.54 Å². The van der Waals surface area contributed by atoms with Crippen LogP contribution in [0.3, 0.4) is 0 Å². The van der Waals surface area contributed by atoms with E-state index in [9.17, 15) is 4.79 Å². The van der Waals surface area contributed by atoms with Crippen LogP contribution in [0.5, 0.6) is 11.5 Å². The molecule has 0 saturated carbocycles. The first kappa shape index (κ1) is 17.2. The Morgan fingerprint density at radius 1 is 1.16 bits per heavy atom. The molecule has 1 aromatic heterocycles. The number of rotatable bonds is 7. The van der Waals surface area contributed by atoms with Crippen molar-refractivity contribution in [1.82, 2.24) is 9.88 Å². The van der Waals surface area contributed by atoms with Crippen molar-refractivity contribution in [3.63, 3.8) is 0 Å². The minimum absolute atomic E-state index is 0.0823. The van der Waals surface area contributed by atoms with Crippen molar-refractivity contribution in [2.24, 2.45) is 0 Å². The van der Waals surface area contributed by atoms with Crippen molar-refractivity contribution in [1.29, 1.82) is 0 Å². The van der Waals surface area contributed by atoms with Crippen molar-refractivity contribution in [3.05, 3.63) is 59.8 Å². The van der Waals surface area contributed by atoms with Crippen molar-refractivity contribution >= 4 is 28.4 Å². The number of hydrogen-bond acceptors (Lipinski definition) is 3. The van der Waals surface area contributed by atoms with Gasteiger partial charge in [-0.05, 0) is 35.7 Å². The molecule has 25 heavy (non-hydrogen) atoms. The van der Waals surface area contributed by atoms with Crippen molar-refractivity contribution < 1.29 is 14.3 Å². The second-order valence-corrected chi connectivity index (χ2v) is 5.93. The summed E-state index contributed by atoms with van der Waals surface area (Å²) < 4.78 is 12.7. The van der Waals surface area contributed by atoms with Crippen LogP contribution in [-0.2, 0) is 11.3 Å². The number of carbonyl (C=O) groups excluding carboxylic acids is 1. The van der Waals surface area contributed by atoms with E-state index in [1.165, 1.54) is 0 Å². The highest BCUT2D eigenvalue weighted by molar-refractivity contribution is 6.31. The topological polar surface area (TPSA) is 52.5 Å². The Morgan fingerprint density at radius 3 is 2.76 bits per heavy atom. The summed E-state index contributed by atoms with van der Waals surface area (Å²) in [7, 11) is 1.59. The van der Waals surface area contributed by atoms with Crippen LogP contribution >= 0.6 is 11.6 Å². The maximum Gasteiger partial charge on any atom is 0.240 e. The summed E-state index contributed by atoms with van der Waals surface area (Å²) in [6, 6.07) is 15.0. The third kappa shape index (κ3) is 4.25. The van der Waals surface area contributed by atoms with Crippen LogP contribution in [0.2, 0.25) is 5.02 Å². The lowest BCUT2D eigenvalue weighted by atomic mass is 10.2. The number of aromatic nitrogens is 1. The third-order valence-electron chi connectivity index (χ3n) is 3.80. The zero-order valence-electron chi connectivity index (χ0n) is 13.9. The Morgan fingerprint density at radius 2 is 1.96 bits per heavy atom. The summed E-state index contributed by atoms with van der Waals surface area (Å²) in [5, 5.41) is 4.55. The van der Waals surface area contributed by atoms with Gasteiger partial charge in [0.15, 0.2) is 11.5 Å². The molecule has 0 radical (unpaired) electrons. The fourth-order valence-electron chi connectivity index (χ4n) is 2.60. The van der Waals surface area contributed by atoms with E-state index in [1.807, 2.05) is 59.3 Å². The highest BCUT2D eigenvalue weighted by atomic mass is 35.5. The average Bonchev–Trinajstić information content (AvgIpc) is 3.01. The van der Waals surface area contributed by atoms with Crippen LogP contribution in [0.4, 0.5) is 0 Å². The number of hydrogen-bond donors (Lipinski definition) is 1. The van der Waals surface area contributed by atoms with Crippen molar-refractivity contribution in [3.8, 4) is 11.5 Å². The van der Waals surface area contributed by atoms with Gasteiger partial charge in [0.25, 0.3) is 0 Å². The molecule has 0 saturated heterocycles. The highest BCUT2D eigenvalue weighted by Crippen LogP contribution is 2.25. The fraction of sp³-hybridized carbons (Fsp3) is 0.211. The SMILES string of the molecule is COc1ccccc1OCCNC(=O)Cn1ccc2ccc(Cl)cc21. The summed E-state index contributed by atoms with van der Waals surface area (Å²) in [5.74, 6) is 1.25. The molecule has 0 aliphatic rings. The molecule has 3 rings (SSSR count). The summed E-state index contributed by atoms with van der Waals surface area (Å²) >= 11 is 6.03. The van der Waals surface area contributed by atoms with Gasteiger partial charge in [0, 0.05) is 16.7 Å². The van der Waals surface area contributed by atoms with Gasteiger partial charge in [-0.2, -0.15) is 0 Å². The number of methoxy groups -OCH3 is 1. The molecule has 0 bridgehead atoms. The number of fused-ring (bicyclic) bond motifs is 1. The predicted molar refractivity (Wildman–Crippen MR) is 98.4 cm³/mol. The normalized spacial score (nSPS) is 10.6. The van der Waals surface area contributed by atoms with Gasteiger partial charge in [0.05, 0.1) is 13.7 Å². The second kappa shape index (κ2) is 7.94. The summed E-state index contributed by atoms with van der Waals surface area (Å²) in [6.07, 6.45) is 1.88. The summed E-state index contributed by atoms with van der Waals surface area (Å²) in [5.41, 5.74) is 0.938. The zero-order valence-corrected chi connectivity index (χ0v) is 14.6. The third-order valence-corrected chi connectivity index (χ3v) is 4.04. The monoisotopic (exact) mass is 358 g/mol. The Hall–Kier alpha value is -2.66. The summed E-state index contributed by atoms with van der Waals surface area (Å²) in [6.45, 7) is 1.01. The molecular weight excluding hydrogens is 340 g/mol. The van der Waals surface area contributed by atoms with Gasteiger partial charge in [0.1, 0.15) is 13.2 Å². The van der Waals surface area contributed by atoms with Gasteiger partial charge >= 0.3 is 0 Å². The molecule has 130 valence electrons. The molecule has 1 heterocycles. The molecule has 2 aromatic carbocycles. The first-order chi connectivity index (χ1) is 12.2. The van der Waals surface area contributed by atoms with E-state index in [4.69, 9.17) is 21.1 Å². The van der Waals surface area contributed by atoms with E-state index in [-0.39, 0.29) is 12.5 Å². The molecular formula is C19H19ClN2O3. The molecule has 0 atom stereocenters. The van der Waals surface area contributed by atoms with E-state index in [0.29, 0.717) is 29.7 Å². The summed E-state index contributed by atoms with van der Waals surface area (Å²) in [4.78, 5) is 12.1. The zero-order chi connectivity index (χ0) is 17.6. The number of nitrogens with zero attached hydrogens (tertiary/aromatic N) is 1. The van der Waals surface area contributed by atoms with Gasteiger partial charge in [-0.3, -0.25) is 4.79 Å². The predicted octanol–water partition coefficient (Wildman–Crippen LogP) is 3.50. The molecule has 1 amide bonds. The van der Waals surface area contributed by atoms with Gasteiger partial charge in [-0.15, -0.1) is 0 Å². The molecule has 0 spiro atoms. The Kier molecular flexibility index (Phi) is 5.46. The maximum atomic E-state index is 12.1. The number of halogens is 1. The Bertz CT molecular complexity index is 876. The lowest BCUT2D eigenvalue weighted by Crippen LogP contribution is -2.31. The first-order valence-corrected chi connectivity index (χ1v) is 8.32. The number of amides is 1. The molecule has 0 fully saturated rings. The minimum Gasteiger partial charge on any atom is -0.493 e. The minimum atomic E-state index is -0.0823. The van der Waals surface area contributed by atoms with E-state index in [2.05, 4.69) is 5.32 Å². The smallest absolute Gasteiger partial charge is 0.240 e. The first-order valence-electron chi connectivity index (χ1n) is 7.94. The van der Waals surface area contributed by atoms with Crippen LogP contribution in [0.25, 0.3) is 10.9 Å². The number of para-hydroxylation sites is 2. The van der Waals surface area contributed by atoms with Crippen LogP contribution in [0, 0.1) is 0 Å². The number of ether oxygens (including phenoxy) is 2. The molecule has 0 aliphatic heterocycles. The molecule has 1 N–H and O–H groups in total. The van der Waals surface area contributed by atoms with Gasteiger partial charge < -0.3 is 19.4 Å². The number of carbonyl (C=O) groups is 1. The van der Waals surface area contributed by atoms with E-state index >= 15 is 0 Å². The van der Waals surface area contributed by atoms with Crippen LogP contribution in [0.15, 0.2) is 54.7 Å². The quantitative estimate of drug-likeness (QED) is 0.658. The molecule has 6 heteroatoms. The van der Waals surface area contributed by atoms with E-state index in [0.717, 1.165) is 10.9 Å². The largest absolute Gasteiger partial charge is 0.493 e. The van der Waals surface area contributed by atoms with Crippen LogP contribution < -0.4 is 14.8 Å². The van der Waals surface area contributed by atoms with Gasteiger partial charge in [-0.25, -0.2) is 0 Å². The van der Waals surface area contributed by atoms with Crippen LogP contribution in [-0.4, -0.2) is 30.7 Å². The molecule has 0 aliphatic carbocycles. The highest BCUT2D eigenvalue weighted by Gasteiger charge is 2.07. The number of nitrogens with one attached hydrogen (secondary N) is 1. The second-order valence-electron chi connectivity index (χ2n) is 5.50. The van der Waals surface area contributed by atoms with Crippen molar-refractivity contribution in [2.75, 3.05) is 20.3 Å². The average molecular weight is 359 g/mol. The van der Waals surface area contributed by atoms with Gasteiger partial charge in [-0.1, -0.05) is 29.8 Å². The lowest BCUT2D eigenvalue weighted by molar-refractivity contribution is -0.121. The standard InChI is InChI=1S/C19H19ClN2O3/c1-24-17-4-2-3-5-18(17)25-11-9-21-19(23)13-22-10-8-14-6-7-15(20)12-16(14)22/h2-8,10,12H,9,11,13H2,1H3,(H,21,23). The maximum absolute atomic E-state index is 12.1. The van der Waals surface area contributed by atoms with Gasteiger partial charge in [0.2, 0.25) is 5.91 Å². The molecule has 5 nitrogen and oxygen atoms in total. The lowest BCUT2D eigenvalue weighted by Gasteiger charge is -2.11. The number of benzene rings is 2. The molecule has 3 aromatic rings.